The molecule has 1 heterocycles. The van der Waals surface area contributed by atoms with Gasteiger partial charge in [0.15, 0.2) is 0 Å². The van der Waals surface area contributed by atoms with Gasteiger partial charge in [0.1, 0.15) is 4.99 Å². The van der Waals surface area contributed by atoms with Crippen LogP contribution in [0.4, 0.5) is 5.69 Å². The Hall–Kier alpha value is -0.610. The minimum atomic E-state index is 0.469. The Morgan fingerprint density at radius 2 is 2.33 bits per heavy atom. The van der Waals surface area contributed by atoms with Gasteiger partial charge in [0.25, 0.3) is 0 Å². The number of nitrogens with two attached hydrogens (primary N) is 1. The first-order valence-electron chi connectivity index (χ1n) is 6.46. The van der Waals surface area contributed by atoms with Gasteiger partial charge in [-0.25, -0.2) is 0 Å². The van der Waals surface area contributed by atoms with E-state index in [4.69, 9.17) is 18.0 Å². The van der Waals surface area contributed by atoms with Crippen LogP contribution in [0.3, 0.4) is 0 Å². The van der Waals surface area contributed by atoms with E-state index in [1.807, 2.05) is 12.1 Å². The van der Waals surface area contributed by atoms with Gasteiger partial charge in [0.2, 0.25) is 0 Å². The average molecular weight is 327 g/mol. The molecule has 0 bridgehead atoms. The van der Waals surface area contributed by atoms with Crippen molar-refractivity contribution in [3.63, 3.8) is 0 Å². The fourth-order valence-electron chi connectivity index (χ4n) is 2.72. The van der Waals surface area contributed by atoms with Crippen LogP contribution in [-0.2, 0) is 0 Å². The lowest BCUT2D eigenvalue weighted by atomic mass is 10.0. The van der Waals surface area contributed by atoms with Crippen LogP contribution in [-0.4, -0.2) is 18.1 Å². The number of hydrogen-bond acceptors (Lipinski definition) is 2. The van der Waals surface area contributed by atoms with Crippen molar-refractivity contribution in [1.29, 1.82) is 0 Å². The largest absolute Gasteiger partial charge is 0.389 e. The van der Waals surface area contributed by atoms with E-state index in [-0.39, 0.29) is 0 Å². The monoisotopic (exact) mass is 326 g/mol. The molecule has 1 aliphatic heterocycles. The van der Waals surface area contributed by atoms with Crippen LogP contribution in [0, 0.1) is 5.92 Å². The summed E-state index contributed by atoms with van der Waals surface area (Å²) in [4.78, 5) is 2.89. The van der Waals surface area contributed by atoms with E-state index < -0.39 is 0 Å². The summed E-state index contributed by atoms with van der Waals surface area (Å²) in [5, 5.41) is 0. The van der Waals surface area contributed by atoms with Gasteiger partial charge in [-0.15, -0.1) is 0 Å². The van der Waals surface area contributed by atoms with E-state index in [1.54, 1.807) is 0 Å². The van der Waals surface area contributed by atoms with Crippen molar-refractivity contribution in [3.8, 4) is 0 Å². The fourth-order valence-corrected chi connectivity index (χ4v) is 3.63. The minimum Gasteiger partial charge on any atom is -0.389 e. The molecule has 1 atom stereocenters. The predicted octanol–water partition coefficient (Wildman–Crippen LogP) is 3.71. The van der Waals surface area contributed by atoms with Gasteiger partial charge in [0.05, 0.1) is 0 Å². The van der Waals surface area contributed by atoms with Crippen LogP contribution < -0.4 is 10.6 Å². The summed E-state index contributed by atoms with van der Waals surface area (Å²) >= 11 is 8.72. The second-order valence-electron chi connectivity index (χ2n) is 4.89. The first kappa shape index (κ1) is 13.8. The van der Waals surface area contributed by atoms with E-state index in [1.165, 1.54) is 24.9 Å². The lowest BCUT2D eigenvalue weighted by molar-refractivity contribution is 0.530. The summed E-state index contributed by atoms with van der Waals surface area (Å²) in [6.45, 7) is 4.48. The maximum absolute atomic E-state index is 5.85. The zero-order valence-electron chi connectivity index (χ0n) is 10.7. The van der Waals surface area contributed by atoms with E-state index in [2.05, 4.69) is 33.8 Å². The van der Waals surface area contributed by atoms with Gasteiger partial charge in [-0.3, -0.25) is 0 Å². The average Bonchev–Trinajstić information content (AvgIpc) is 2.77. The van der Waals surface area contributed by atoms with E-state index in [0.717, 1.165) is 29.0 Å². The molecule has 2 nitrogen and oxygen atoms in total. The van der Waals surface area contributed by atoms with Gasteiger partial charge in [-0.1, -0.05) is 31.6 Å². The molecule has 0 saturated carbocycles. The Morgan fingerprint density at radius 1 is 1.56 bits per heavy atom. The molecule has 2 rings (SSSR count). The fraction of sp³-hybridized carbons (Fsp3) is 0.500. The second-order valence-corrected chi connectivity index (χ2v) is 6.18. The highest BCUT2D eigenvalue weighted by atomic mass is 79.9. The molecule has 1 aromatic carbocycles. The van der Waals surface area contributed by atoms with Crippen molar-refractivity contribution in [3.05, 3.63) is 28.2 Å². The Kier molecular flexibility index (Phi) is 4.62. The highest BCUT2D eigenvalue weighted by Gasteiger charge is 2.24. The zero-order chi connectivity index (χ0) is 13.1. The van der Waals surface area contributed by atoms with Crippen molar-refractivity contribution >= 4 is 38.8 Å². The standard InChI is InChI=1S/C14H19BrN2S/c1-2-4-10-7-8-17(9-10)12-6-3-5-11(15)13(12)14(16)18/h3,5-6,10H,2,4,7-9H2,1H3,(H2,16,18). The Morgan fingerprint density at radius 3 is 3.00 bits per heavy atom. The molecule has 1 saturated heterocycles. The molecular weight excluding hydrogens is 308 g/mol. The molecule has 1 aromatic rings. The zero-order valence-corrected chi connectivity index (χ0v) is 13.1. The maximum Gasteiger partial charge on any atom is 0.107 e. The summed E-state index contributed by atoms with van der Waals surface area (Å²) in [7, 11) is 0. The molecule has 0 radical (unpaired) electrons. The summed E-state index contributed by atoms with van der Waals surface area (Å²) in [5.74, 6) is 0.813. The van der Waals surface area contributed by atoms with Gasteiger partial charge in [-0.05, 0) is 46.8 Å². The van der Waals surface area contributed by atoms with E-state index in [9.17, 15) is 0 Å². The summed E-state index contributed by atoms with van der Waals surface area (Å²) in [6.07, 6.45) is 3.85. The molecule has 98 valence electrons. The molecule has 18 heavy (non-hydrogen) atoms. The number of nitrogens with zero attached hydrogens (tertiary/aromatic N) is 1. The number of anilines is 1. The lowest BCUT2D eigenvalue weighted by Gasteiger charge is -2.22. The van der Waals surface area contributed by atoms with Crippen LogP contribution in [0.25, 0.3) is 0 Å². The van der Waals surface area contributed by atoms with Crippen LogP contribution >= 0.6 is 28.1 Å². The Bertz CT molecular complexity index is 447. The van der Waals surface area contributed by atoms with E-state index >= 15 is 0 Å². The van der Waals surface area contributed by atoms with Crippen molar-refractivity contribution in [1.82, 2.24) is 0 Å². The summed E-state index contributed by atoms with van der Waals surface area (Å²) < 4.78 is 0.992. The molecule has 1 fully saturated rings. The maximum atomic E-state index is 5.85. The van der Waals surface area contributed by atoms with Crippen molar-refractivity contribution in [2.75, 3.05) is 18.0 Å². The van der Waals surface area contributed by atoms with Crippen LogP contribution in [0.15, 0.2) is 22.7 Å². The molecular formula is C14H19BrN2S. The molecule has 4 heteroatoms. The molecule has 2 N–H and O–H groups in total. The van der Waals surface area contributed by atoms with Crippen molar-refractivity contribution < 1.29 is 0 Å². The summed E-state index contributed by atoms with van der Waals surface area (Å²) in [5.41, 5.74) is 8.00. The van der Waals surface area contributed by atoms with Gasteiger partial charge >= 0.3 is 0 Å². The van der Waals surface area contributed by atoms with Crippen LogP contribution in [0.5, 0.6) is 0 Å². The highest BCUT2D eigenvalue weighted by molar-refractivity contribution is 9.10. The second kappa shape index (κ2) is 6.02. The lowest BCUT2D eigenvalue weighted by Crippen LogP contribution is -2.24. The van der Waals surface area contributed by atoms with Crippen molar-refractivity contribution in [2.45, 2.75) is 26.2 Å². The number of thiocarbonyl (C=S) groups is 1. The highest BCUT2D eigenvalue weighted by Crippen LogP contribution is 2.32. The molecule has 0 aromatic heterocycles. The van der Waals surface area contributed by atoms with Gasteiger partial charge in [0, 0.05) is 28.8 Å². The summed E-state index contributed by atoms with van der Waals surface area (Å²) in [6, 6.07) is 6.17. The van der Waals surface area contributed by atoms with Crippen LogP contribution in [0.2, 0.25) is 0 Å². The van der Waals surface area contributed by atoms with Crippen molar-refractivity contribution in [2.24, 2.45) is 11.7 Å². The third-order valence-corrected chi connectivity index (χ3v) is 4.43. The molecule has 0 amide bonds. The predicted molar refractivity (Wildman–Crippen MR) is 85.3 cm³/mol. The quantitative estimate of drug-likeness (QED) is 0.855. The molecule has 0 spiro atoms. The first-order chi connectivity index (χ1) is 8.63. The number of hydrogen-bond donors (Lipinski definition) is 1. The normalized spacial score (nSPS) is 19.2. The van der Waals surface area contributed by atoms with Gasteiger partial charge in [-0.2, -0.15) is 0 Å². The topological polar surface area (TPSA) is 29.3 Å². The third-order valence-electron chi connectivity index (χ3n) is 3.56. The van der Waals surface area contributed by atoms with Crippen LogP contribution in [0.1, 0.15) is 31.7 Å². The van der Waals surface area contributed by atoms with Gasteiger partial charge < -0.3 is 10.6 Å². The Balaban J connectivity index is 2.24. The minimum absolute atomic E-state index is 0.469. The molecule has 0 aliphatic carbocycles. The molecule has 1 unspecified atom stereocenters. The number of benzene rings is 1. The SMILES string of the molecule is CCCC1CCN(c2cccc(Br)c2C(N)=S)C1. The smallest absolute Gasteiger partial charge is 0.107 e. The Labute approximate surface area is 123 Å². The number of halogens is 1. The first-order valence-corrected chi connectivity index (χ1v) is 7.66. The number of rotatable bonds is 4. The molecule has 1 aliphatic rings. The van der Waals surface area contributed by atoms with E-state index in [0.29, 0.717) is 4.99 Å². The third kappa shape index (κ3) is 2.86.